The molecule has 1 N–H and O–H groups in total. The van der Waals surface area contributed by atoms with Crippen LogP contribution in [0.5, 0.6) is 5.75 Å². The highest BCUT2D eigenvalue weighted by molar-refractivity contribution is 5.42. The first-order chi connectivity index (χ1) is 7.10. The van der Waals surface area contributed by atoms with E-state index >= 15 is 0 Å². The van der Waals surface area contributed by atoms with E-state index in [1.807, 2.05) is 20.8 Å². The fourth-order valence-corrected chi connectivity index (χ4v) is 1.75. The summed E-state index contributed by atoms with van der Waals surface area (Å²) in [4.78, 5) is 0. The minimum atomic E-state index is 0.189. The Morgan fingerprint density at radius 1 is 1.27 bits per heavy atom. The van der Waals surface area contributed by atoms with Crippen LogP contribution < -0.4 is 4.74 Å². The van der Waals surface area contributed by atoms with Gasteiger partial charge in [-0.2, -0.15) is 0 Å². The van der Waals surface area contributed by atoms with Crippen molar-refractivity contribution in [1.29, 1.82) is 0 Å². The van der Waals surface area contributed by atoms with Crippen LogP contribution in [0.1, 0.15) is 36.5 Å². The topological polar surface area (TPSA) is 29.5 Å². The van der Waals surface area contributed by atoms with Crippen LogP contribution in [0.2, 0.25) is 0 Å². The van der Waals surface area contributed by atoms with Crippen molar-refractivity contribution < 1.29 is 9.84 Å². The Kier molecular flexibility index (Phi) is 4.15. The quantitative estimate of drug-likeness (QED) is 0.824. The van der Waals surface area contributed by atoms with E-state index in [1.54, 1.807) is 0 Å². The Morgan fingerprint density at radius 2 is 1.93 bits per heavy atom. The molecule has 0 fully saturated rings. The predicted octanol–water partition coefficient (Wildman–Crippen LogP) is 2.80. The average molecular weight is 208 g/mol. The SMILES string of the molecule is CCOc1cc(C)c(C(C)CO)cc1C. The molecule has 1 rings (SSSR count). The highest BCUT2D eigenvalue weighted by Gasteiger charge is 2.10. The Hall–Kier alpha value is -1.02. The van der Waals surface area contributed by atoms with Crippen LogP contribution in [0, 0.1) is 13.8 Å². The summed E-state index contributed by atoms with van der Waals surface area (Å²) >= 11 is 0. The minimum Gasteiger partial charge on any atom is -0.494 e. The zero-order valence-corrected chi connectivity index (χ0v) is 10.0. The van der Waals surface area contributed by atoms with Gasteiger partial charge in [-0.25, -0.2) is 0 Å². The Labute approximate surface area is 91.9 Å². The normalized spacial score (nSPS) is 12.6. The summed E-state index contributed by atoms with van der Waals surface area (Å²) in [5.74, 6) is 1.14. The molecule has 2 heteroatoms. The van der Waals surface area contributed by atoms with Crippen LogP contribution in [0.4, 0.5) is 0 Å². The average Bonchev–Trinajstić information content (AvgIpc) is 2.22. The molecule has 0 aliphatic heterocycles. The van der Waals surface area contributed by atoms with Gasteiger partial charge in [0.05, 0.1) is 6.61 Å². The zero-order chi connectivity index (χ0) is 11.4. The molecule has 0 radical (unpaired) electrons. The number of aliphatic hydroxyl groups excluding tert-OH is 1. The van der Waals surface area contributed by atoms with Crippen molar-refractivity contribution in [1.82, 2.24) is 0 Å². The van der Waals surface area contributed by atoms with Gasteiger partial charge in [-0.15, -0.1) is 0 Å². The van der Waals surface area contributed by atoms with Gasteiger partial charge in [0.15, 0.2) is 0 Å². The largest absolute Gasteiger partial charge is 0.494 e. The van der Waals surface area contributed by atoms with Gasteiger partial charge in [0.25, 0.3) is 0 Å². The first-order valence-corrected chi connectivity index (χ1v) is 5.45. The van der Waals surface area contributed by atoms with E-state index in [4.69, 9.17) is 9.84 Å². The van der Waals surface area contributed by atoms with E-state index in [0.29, 0.717) is 6.61 Å². The van der Waals surface area contributed by atoms with Crippen LogP contribution in [0.25, 0.3) is 0 Å². The second kappa shape index (κ2) is 5.17. The van der Waals surface area contributed by atoms with Crippen LogP contribution in [-0.2, 0) is 0 Å². The molecule has 1 aromatic carbocycles. The van der Waals surface area contributed by atoms with Gasteiger partial charge in [0, 0.05) is 12.5 Å². The summed E-state index contributed by atoms with van der Waals surface area (Å²) < 4.78 is 5.52. The van der Waals surface area contributed by atoms with E-state index in [0.717, 1.165) is 11.3 Å². The highest BCUT2D eigenvalue weighted by atomic mass is 16.5. The number of ether oxygens (including phenoxy) is 1. The molecule has 0 saturated heterocycles. The van der Waals surface area contributed by atoms with Crippen molar-refractivity contribution in [2.24, 2.45) is 0 Å². The predicted molar refractivity (Wildman–Crippen MR) is 62.6 cm³/mol. The number of hydrogen-bond acceptors (Lipinski definition) is 2. The lowest BCUT2D eigenvalue weighted by Gasteiger charge is -2.16. The second-order valence-corrected chi connectivity index (χ2v) is 3.99. The van der Waals surface area contributed by atoms with Gasteiger partial charge in [-0.3, -0.25) is 0 Å². The molecule has 0 saturated carbocycles. The summed E-state index contributed by atoms with van der Waals surface area (Å²) in [6, 6.07) is 4.17. The molecule has 2 nitrogen and oxygen atoms in total. The molecule has 84 valence electrons. The Morgan fingerprint density at radius 3 is 2.47 bits per heavy atom. The minimum absolute atomic E-state index is 0.189. The fourth-order valence-electron chi connectivity index (χ4n) is 1.75. The third-order valence-electron chi connectivity index (χ3n) is 2.67. The number of rotatable bonds is 4. The summed E-state index contributed by atoms with van der Waals surface area (Å²) in [5.41, 5.74) is 3.53. The van der Waals surface area contributed by atoms with Gasteiger partial charge < -0.3 is 9.84 Å². The Balaban J connectivity index is 3.07. The molecule has 0 amide bonds. The maximum Gasteiger partial charge on any atom is 0.122 e. The van der Waals surface area contributed by atoms with Crippen LogP contribution in [0.15, 0.2) is 12.1 Å². The van der Waals surface area contributed by atoms with Gasteiger partial charge in [-0.05, 0) is 43.5 Å². The lowest BCUT2D eigenvalue weighted by Crippen LogP contribution is -2.03. The standard InChI is InChI=1S/C13H20O2/c1-5-15-13-7-9(2)12(6-10(13)3)11(4)8-14/h6-7,11,14H,5,8H2,1-4H3. The fraction of sp³-hybridized carbons (Fsp3) is 0.538. The number of aryl methyl sites for hydroxylation is 2. The van der Waals surface area contributed by atoms with Crippen molar-refractivity contribution in [2.75, 3.05) is 13.2 Å². The zero-order valence-electron chi connectivity index (χ0n) is 10.0. The molecular weight excluding hydrogens is 188 g/mol. The summed E-state index contributed by atoms with van der Waals surface area (Å²) in [6.07, 6.45) is 0. The van der Waals surface area contributed by atoms with Crippen molar-refractivity contribution >= 4 is 0 Å². The molecule has 0 aromatic heterocycles. The van der Waals surface area contributed by atoms with Crippen LogP contribution in [-0.4, -0.2) is 18.3 Å². The van der Waals surface area contributed by atoms with Crippen LogP contribution in [0.3, 0.4) is 0 Å². The van der Waals surface area contributed by atoms with E-state index in [-0.39, 0.29) is 12.5 Å². The molecular formula is C13H20O2. The molecule has 0 aliphatic rings. The molecule has 0 bridgehead atoms. The Bertz CT molecular complexity index is 332. The van der Waals surface area contributed by atoms with Gasteiger partial charge in [0.1, 0.15) is 5.75 Å². The molecule has 1 unspecified atom stereocenters. The second-order valence-electron chi connectivity index (χ2n) is 3.99. The van der Waals surface area contributed by atoms with Gasteiger partial charge in [0.2, 0.25) is 0 Å². The summed E-state index contributed by atoms with van der Waals surface area (Å²) in [5, 5.41) is 9.14. The first-order valence-electron chi connectivity index (χ1n) is 5.45. The van der Waals surface area contributed by atoms with E-state index in [9.17, 15) is 0 Å². The molecule has 1 aromatic rings. The third kappa shape index (κ3) is 2.72. The van der Waals surface area contributed by atoms with E-state index < -0.39 is 0 Å². The van der Waals surface area contributed by atoms with Crippen molar-refractivity contribution in [3.8, 4) is 5.75 Å². The summed E-state index contributed by atoms with van der Waals surface area (Å²) in [7, 11) is 0. The first kappa shape index (κ1) is 12.1. The lowest BCUT2D eigenvalue weighted by atomic mass is 9.95. The molecule has 0 heterocycles. The third-order valence-corrected chi connectivity index (χ3v) is 2.67. The number of benzene rings is 1. The monoisotopic (exact) mass is 208 g/mol. The molecule has 15 heavy (non-hydrogen) atoms. The molecule has 1 atom stereocenters. The summed E-state index contributed by atoms with van der Waals surface area (Å²) in [6.45, 7) is 8.99. The van der Waals surface area contributed by atoms with Crippen molar-refractivity contribution in [3.05, 3.63) is 28.8 Å². The molecule has 0 spiro atoms. The maximum absolute atomic E-state index is 9.14. The number of hydrogen-bond donors (Lipinski definition) is 1. The van der Waals surface area contributed by atoms with E-state index in [1.165, 1.54) is 11.1 Å². The van der Waals surface area contributed by atoms with Crippen molar-refractivity contribution in [3.63, 3.8) is 0 Å². The van der Waals surface area contributed by atoms with Gasteiger partial charge >= 0.3 is 0 Å². The maximum atomic E-state index is 9.14. The van der Waals surface area contributed by atoms with Crippen molar-refractivity contribution in [2.45, 2.75) is 33.6 Å². The smallest absolute Gasteiger partial charge is 0.122 e. The van der Waals surface area contributed by atoms with E-state index in [2.05, 4.69) is 19.1 Å². The number of aliphatic hydroxyl groups is 1. The van der Waals surface area contributed by atoms with Crippen LogP contribution >= 0.6 is 0 Å². The van der Waals surface area contributed by atoms with Gasteiger partial charge in [-0.1, -0.05) is 13.0 Å². The molecule has 0 aliphatic carbocycles. The lowest BCUT2D eigenvalue weighted by molar-refractivity contribution is 0.272. The highest BCUT2D eigenvalue weighted by Crippen LogP contribution is 2.27.